The van der Waals surface area contributed by atoms with Gasteiger partial charge < -0.3 is 49.2 Å². The second-order valence-corrected chi connectivity index (χ2v) is 19.0. The fourth-order valence-electron chi connectivity index (χ4n) is 9.36. The van der Waals surface area contributed by atoms with Gasteiger partial charge in [0.25, 0.3) is 0 Å². The van der Waals surface area contributed by atoms with Crippen molar-refractivity contribution in [3.8, 4) is 5.69 Å². The number of carbonyl (C=O) groups excluding carboxylic acids is 1. The first kappa shape index (κ1) is 48.1. The molecule has 336 valence electrons. The van der Waals surface area contributed by atoms with Crippen LogP contribution in [0, 0.1) is 17.8 Å². The maximum absolute atomic E-state index is 13.8. The Morgan fingerprint density at radius 1 is 1.08 bits per heavy atom. The number of esters is 1. The molecule has 16 heteroatoms. The van der Waals surface area contributed by atoms with Crippen molar-refractivity contribution in [2.45, 2.75) is 154 Å². The van der Waals surface area contributed by atoms with E-state index in [0.29, 0.717) is 25.9 Å². The van der Waals surface area contributed by atoms with E-state index in [1.54, 1.807) is 43.0 Å². The maximum Gasteiger partial charge on any atom is 0.311 e. The molecule has 2 aromatic heterocycles. The lowest BCUT2D eigenvalue weighted by molar-refractivity contribution is -0.300. The molecule has 0 spiro atoms. The summed E-state index contributed by atoms with van der Waals surface area (Å²) in [5, 5.41) is 58.4. The van der Waals surface area contributed by atoms with Crippen molar-refractivity contribution >= 4 is 17.3 Å². The highest BCUT2D eigenvalue weighted by molar-refractivity contribution is 7.09. The summed E-state index contributed by atoms with van der Waals surface area (Å²) < 4.78 is 26.7. The van der Waals surface area contributed by atoms with Gasteiger partial charge in [-0.25, -0.2) is 9.67 Å². The molecule has 0 unspecified atom stereocenters. The first-order valence-electron chi connectivity index (χ1n) is 21.4. The van der Waals surface area contributed by atoms with Crippen molar-refractivity contribution in [3.05, 3.63) is 58.3 Å². The molecule has 0 amide bonds. The van der Waals surface area contributed by atoms with E-state index >= 15 is 0 Å². The number of aromatic nitrogens is 4. The van der Waals surface area contributed by atoms with Crippen molar-refractivity contribution in [3.63, 3.8) is 0 Å². The molecule has 2 aliphatic rings. The van der Waals surface area contributed by atoms with E-state index in [0.717, 1.165) is 28.4 Å². The average Bonchev–Trinajstić information content (AvgIpc) is 3.91. The number of carbonyl (C=O) groups is 1. The number of cyclic esters (lactones) is 1. The van der Waals surface area contributed by atoms with E-state index < -0.39 is 71.9 Å². The van der Waals surface area contributed by atoms with Gasteiger partial charge in [-0.2, -0.15) is 0 Å². The molecule has 60 heavy (non-hydrogen) atoms. The summed E-state index contributed by atoms with van der Waals surface area (Å²) in [7, 11) is 5.35. The minimum absolute atomic E-state index is 0.0986. The molecule has 0 aliphatic carbocycles. The molecular weight excluding hydrogens is 789 g/mol. The topological polar surface area (TPSA) is 185 Å². The van der Waals surface area contributed by atoms with Crippen molar-refractivity contribution in [1.29, 1.82) is 0 Å². The lowest BCUT2D eigenvalue weighted by Gasteiger charge is -2.47. The molecular formula is C44H70N6O9S. The maximum atomic E-state index is 13.8. The molecule has 2 aliphatic heterocycles. The fraction of sp³-hybridized carbons (Fsp3) is 0.727. The van der Waals surface area contributed by atoms with Crippen LogP contribution in [0.3, 0.4) is 0 Å². The molecule has 0 radical (unpaired) electrons. The molecule has 2 fully saturated rings. The zero-order chi connectivity index (χ0) is 44.1. The number of aliphatic hydroxyl groups is 4. The first-order valence-corrected chi connectivity index (χ1v) is 22.3. The van der Waals surface area contributed by atoms with Gasteiger partial charge in [0.2, 0.25) is 0 Å². The van der Waals surface area contributed by atoms with Crippen LogP contribution in [0.1, 0.15) is 90.9 Å². The van der Waals surface area contributed by atoms with E-state index in [1.807, 2.05) is 65.0 Å². The molecule has 15 nitrogen and oxygen atoms in total. The Bertz CT molecular complexity index is 1780. The monoisotopic (exact) mass is 858 g/mol. The van der Waals surface area contributed by atoms with Crippen molar-refractivity contribution in [2.75, 3.05) is 34.3 Å². The van der Waals surface area contributed by atoms with Crippen molar-refractivity contribution in [2.24, 2.45) is 17.8 Å². The second-order valence-electron chi connectivity index (χ2n) is 18.0. The van der Waals surface area contributed by atoms with Gasteiger partial charge in [-0.05, 0) is 91.6 Å². The number of hydrogen-bond donors (Lipinski definition) is 4. The van der Waals surface area contributed by atoms with Gasteiger partial charge in [0.05, 0.1) is 58.6 Å². The summed E-state index contributed by atoms with van der Waals surface area (Å²) in [4.78, 5) is 22.8. The van der Waals surface area contributed by atoms with Crippen LogP contribution in [-0.2, 0) is 36.6 Å². The summed E-state index contributed by atoms with van der Waals surface area (Å²) in [5.74, 6) is -2.14. The number of aliphatic hydroxyl groups excluding tert-OH is 2. The molecule has 4 N–H and O–H groups in total. The third-order valence-electron chi connectivity index (χ3n) is 12.9. The molecule has 3 aromatic rings. The van der Waals surface area contributed by atoms with Gasteiger partial charge in [-0.3, -0.25) is 4.79 Å². The van der Waals surface area contributed by atoms with Crippen molar-refractivity contribution in [1.82, 2.24) is 29.8 Å². The number of rotatable bonds is 11. The zero-order valence-electron chi connectivity index (χ0n) is 37.3. The zero-order valence-corrected chi connectivity index (χ0v) is 38.2. The molecule has 5 rings (SSSR count). The number of thiazole rings is 1. The number of likely N-dealkylation sites (N-methyl/N-ethyl adjacent to an activating group) is 2. The van der Waals surface area contributed by atoms with Gasteiger partial charge in [0.15, 0.2) is 6.29 Å². The largest absolute Gasteiger partial charge is 0.459 e. The molecule has 1 aromatic carbocycles. The van der Waals surface area contributed by atoms with Crippen molar-refractivity contribution < 1.29 is 44.2 Å². The Kier molecular flexibility index (Phi) is 16.5. The minimum Gasteiger partial charge on any atom is -0.459 e. The van der Waals surface area contributed by atoms with Gasteiger partial charge in [0.1, 0.15) is 23.9 Å². The third-order valence-corrected chi connectivity index (χ3v) is 13.8. The summed E-state index contributed by atoms with van der Waals surface area (Å²) in [6.45, 7) is 15.5. The average molecular weight is 859 g/mol. The van der Waals surface area contributed by atoms with Crippen LogP contribution < -0.4 is 0 Å². The van der Waals surface area contributed by atoms with E-state index in [2.05, 4.69) is 32.7 Å². The molecule has 4 heterocycles. The van der Waals surface area contributed by atoms with Gasteiger partial charge in [-0.15, -0.1) is 16.4 Å². The highest BCUT2D eigenvalue weighted by Gasteiger charge is 2.50. The number of benzene rings is 1. The van der Waals surface area contributed by atoms with Gasteiger partial charge in [0, 0.05) is 56.4 Å². The normalized spacial score (nSPS) is 36.8. The van der Waals surface area contributed by atoms with Crippen LogP contribution in [0.15, 0.2) is 42.0 Å². The highest BCUT2D eigenvalue weighted by atomic mass is 32.1. The summed E-state index contributed by atoms with van der Waals surface area (Å²) in [6.07, 6.45) is -0.368. The van der Waals surface area contributed by atoms with Gasteiger partial charge >= 0.3 is 5.97 Å². The summed E-state index contributed by atoms with van der Waals surface area (Å²) in [6, 6.07) is 7.37. The van der Waals surface area contributed by atoms with Gasteiger partial charge in [-0.1, -0.05) is 38.1 Å². The minimum atomic E-state index is -1.74. The standard InChI is InChI=1S/C44H70N6O9S/c1-12-35-44(8,55)39(52)30(6)49(10)24-26(2)23-43(7,54)40(28(4)38(56-11)29(5)41(53)58-35)59-42-37(51)34(21-27(3)57-42)48(9)19-17-32-25-60-36(46-32)22-31-13-15-33(16-14-31)50-20-18-45-47-50/h13-16,18,20,25-30,34-35,37-40,42,51-52,54-55H,12,17,19,21-24H2,1-11H3/t26-,27-,28+,29-,30-,34+,35-,37-,38+,39-,40-,42+,43-,44-/m1/s1. The van der Waals surface area contributed by atoms with E-state index in [-0.39, 0.29) is 30.9 Å². The molecule has 14 atom stereocenters. The van der Waals surface area contributed by atoms with Crippen LogP contribution in [-0.4, -0.2) is 157 Å². The lowest BCUT2D eigenvalue weighted by atomic mass is 9.78. The first-order chi connectivity index (χ1) is 28.3. The Hall–Kier alpha value is -2.90. The van der Waals surface area contributed by atoms with Crippen LogP contribution in [0.5, 0.6) is 0 Å². The smallest absolute Gasteiger partial charge is 0.311 e. The number of hydrogen-bond acceptors (Lipinski definition) is 15. The van der Waals surface area contributed by atoms with Crippen LogP contribution in [0.4, 0.5) is 0 Å². The summed E-state index contributed by atoms with van der Waals surface area (Å²) >= 11 is 1.64. The van der Waals surface area contributed by atoms with E-state index in [9.17, 15) is 25.2 Å². The quantitative estimate of drug-likeness (QED) is 0.204. The molecule has 0 saturated carbocycles. The Balaban J connectivity index is 1.31. The van der Waals surface area contributed by atoms with E-state index in [1.165, 1.54) is 14.0 Å². The third kappa shape index (κ3) is 11.4. The number of ether oxygens (including phenoxy) is 4. The van der Waals surface area contributed by atoms with Crippen LogP contribution >= 0.6 is 11.3 Å². The molecule has 0 bridgehead atoms. The predicted molar refractivity (Wildman–Crippen MR) is 229 cm³/mol. The van der Waals surface area contributed by atoms with E-state index in [4.69, 9.17) is 23.9 Å². The number of nitrogens with zero attached hydrogens (tertiary/aromatic N) is 6. The van der Waals surface area contributed by atoms with Crippen LogP contribution in [0.2, 0.25) is 0 Å². The Labute approximate surface area is 360 Å². The number of methoxy groups -OCH3 is 1. The highest BCUT2D eigenvalue weighted by Crippen LogP contribution is 2.37. The second kappa shape index (κ2) is 20.5. The van der Waals surface area contributed by atoms with Crippen LogP contribution in [0.25, 0.3) is 5.69 Å². The predicted octanol–water partition coefficient (Wildman–Crippen LogP) is 3.87. The Morgan fingerprint density at radius 2 is 1.78 bits per heavy atom. The summed E-state index contributed by atoms with van der Waals surface area (Å²) in [5.41, 5.74) is -0.134. The Morgan fingerprint density at radius 3 is 2.42 bits per heavy atom. The SMILES string of the molecule is CC[C@H]1OC(=O)[C@H](C)[C@@H](OC)[C@H](C)[C@@H](O[C@@H]2O[C@H](C)C[C@H](N(C)CCc3csc(Cc4ccc(-n5ccnn5)cc4)n3)[C@H]2O)[C@](C)(O)C[C@@H](C)CN(C)[C@H](C)[C@@H](O)[C@]1(C)O. The fourth-order valence-corrected chi connectivity index (χ4v) is 10.2. The molecule has 2 saturated heterocycles. The lowest BCUT2D eigenvalue weighted by Crippen LogP contribution is -2.59.